The first-order valence-electron chi connectivity index (χ1n) is 11.8. The van der Waals surface area contributed by atoms with Crippen LogP contribution in [0.3, 0.4) is 0 Å². The van der Waals surface area contributed by atoms with Crippen LogP contribution in [0.25, 0.3) is 11.8 Å². The molecule has 0 radical (unpaired) electrons. The number of hydrogen-bond donors (Lipinski definition) is 1. The molecule has 0 fully saturated rings. The van der Waals surface area contributed by atoms with Crippen molar-refractivity contribution in [2.24, 2.45) is 4.99 Å². The number of carbonyl (C=O) groups excluding carboxylic acids is 2. The number of nitrogens with zero attached hydrogens (tertiary/aromatic N) is 3. The Morgan fingerprint density at radius 2 is 1.62 bits per heavy atom. The van der Waals surface area contributed by atoms with Crippen LogP contribution in [0.4, 0.5) is 5.69 Å². The monoisotopic (exact) mass is 543 g/mol. The molecule has 3 aromatic carbocycles. The normalized spacial score (nSPS) is 14.0. The predicted octanol–water partition coefficient (Wildman–Crippen LogP) is 3.62. The molecule has 5 rings (SSSR count). The lowest BCUT2D eigenvalue weighted by Gasteiger charge is -2.17. The summed E-state index contributed by atoms with van der Waals surface area (Å²) in [7, 11) is 3.12. The van der Waals surface area contributed by atoms with E-state index in [1.54, 1.807) is 68.8 Å². The molecule has 1 aliphatic rings. The van der Waals surface area contributed by atoms with E-state index < -0.39 is 11.4 Å². The maximum atomic E-state index is 13.4. The van der Waals surface area contributed by atoms with Gasteiger partial charge in [-0.05, 0) is 58.0 Å². The molecule has 11 heteroatoms. The number of ether oxygens (including phenoxy) is 2. The Hall–Kier alpha value is -4.90. The van der Waals surface area contributed by atoms with E-state index in [0.29, 0.717) is 28.0 Å². The van der Waals surface area contributed by atoms with Crippen LogP contribution in [-0.2, 0) is 4.79 Å². The number of para-hydroxylation sites is 1. The highest BCUT2D eigenvalue weighted by Gasteiger charge is 2.35. The van der Waals surface area contributed by atoms with Gasteiger partial charge in [-0.3, -0.25) is 19.0 Å². The standard InChI is InChI=1S/C28H22N4O6S/c1-36-21-12-8-18(9-13-21)16-23-26(34)31(19-6-4-3-5-7-19)28(29-23)39-17-24(33)25-27(35)38-30-32(25)20-10-14-22(37-2)15-11-20/h3-16H,17H2,1-2H3/p+1/b23-16+. The van der Waals surface area contributed by atoms with Gasteiger partial charge in [0, 0.05) is 12.1 Å². The summed E-state index contributed by atoms with van der Waals surface area (Å²) in [5, 5.41) is 2.78. The van der Waals surface area contributed by atoms with Crippen LogP contribution in [-0.4, -0.2) is 42.1 Å². The van der Waals surface area contributed by atoms with Crippen molar-refractivity contribution in [2.45, 2.75) is 0 Å². The molecule has 1 aromatic heterocycles. The number of aromatic amines is 1. The molecule has 0 atom stereocenters. The summed E-state index contributed by atoms with van der Waals surface area (Å²) in [6.45, 7) is 0. The molecule has 0 spiro atoms. The summed E-state index contributed by atoms with van der Waals surface area (Å²) in [6.07, 6.45) is 1.67. The number of rotatable bonds is 8. The molecule has 39 heavy (non-hydrogen) atoms. The van der Waals surface area contributed by atoms with Crippen molar-refractivity contribution in [3.63, 3.8) is 0 Å². The Kier molecular flexibility index (Phi) is 7.41. The third-order valence-corrected chi connectivity index (χ3v) is 6.78. The highest BCUT2D eigenvalue weighted by molar-refractivity contribution is 8.14. The Balaban J connectivity index is 1.42. The summed E-state index contributed by atoms with van der Waals surface area (Å²) >= 11 is 1.05. The third kappa shape index (κ3) is 5.39. The Labute approximate surface area is 227 Å². The van der Waals surface area contributed by atoms with E-state index in [-0.39, 0.29) is 23.1 Å². The zero-order valence-electron chi connectivity index (χ0n) is 21.0. The summed E-state index contributed by atoms with van der Waals surface area (Å²) < 4.78 is 16.5. The molecule has 196 valence electrons. The zero-order chi connectivity index (χ0) is 27.4. The topological polar surface area (TPSA) is 118 Å². The summed E-state index contributed by atoms with van der Waals surface area (Å²) in [5.74, 6) is 0.324. The fourth-order valence-corrected chi connectivity index (χ4v) is 4.76. The molecule has 0 bridgehead atoms. The Morgan fingerprint density at radius 1 is 0.974 bits per heavy atom. The van der Waals surface area contributed by atoms with Gasteiger partial charge >= 0.3 is 11.3 Å². The number of amides is 1. The first-order chi connectivity index (χ1) is 19.0. The SMILES string of the molecule is COc1ccc(/C=C2/N=C(SCC(=O)c3c(=O)o[nH][n+]3-c3ccc(OC)cc3)N(c3ccccc3)C2=O)cc1. The van der Waals surface area contributed by atoms with E-state index in [2.05, 4.69) is 10.3 Å². The second-order valence-corrected chi connectivity index (χ2v) is 9.19. The first kappa shape index (κ1) is 25.7. The van der Waals surface area contributed by atoms with Crippen LogP contribution in [0.5, 0.6) is 11.5 Å². The van der Waals surface area contributed by atoms with Crippen molar-refractivity contribution < 1.29 is 28.3 Å². The lowest BCUT2D eigenvalue weighted by molar-refractivity contribution is -0.672. The number of carbonyl (C=O) groups is 2. The van der Waals surface area contributed by atoms with Crippen LogP contribution >= 0.6 is 11.8 Å². The molecule has 0 saturated heterocycles. The van der Waals surface area contributed by atoms with Crippen LogP contribution in [0.2, 0.25) is 0 Å². The van der Waals surface area contributed by atoms with Gasteiger partial charge in [-0.1, -0.05) is 42.1 Å². The van der Waals surface area contributed by atoms with Crippen molar-refractivity contribution in [3.8, 4) is 17.2 Å². The average Bonchev–Trinajstić information content (AvgIpc) is 3.51. The minimum absolute atomic E-state index is 0.163. The number of H-pyrrole nitrogens is 1. The molecular formula is C28H23N4O6S+. The number of hydrogen-bond acceptors (Lipinski definition) is 8. The lowest BCUT2D eigenvalue weighted by atomic mass is 10.2. The van der Waals surface area contributed by atoms with Gasteiger partial charge in [0.2, 0.25) is 11.5 Å². The minimum Gasteiger partial charge on any atom is -0.497 e. The minimum atomic E-state index is -0.805. The van der Waals surface area contributed by atoms with Crippen molar-refractivity contribution in [1.82, 2.24) is 5.27 Å². The van der Waals surface area contributed by atoms with E-state index >= 15 is 0 Å². The quantitative estimate of drug-likeness (QED) is 0.205. The van der Waals surface area contributed by atoms with E-state index in [1.165, 1.54) is 9.58 Å². The molecule has 0 unspecified atom stereocenters. The molecule has 0 aliphatic carbocycles. The second-order valence-electron chi connectivity index (χ2n) is 8.25. The third-order valence-electron chi connectivity index (χ3n) is 5.84. The highest BCUT2D eigenvalue weighted by atomic mass is 32.2. The van der Waals surface area contributed by atoms with Gasteiger partial charge in [0.15, 0.2) is 5.17 Å². The maximum Gasteiger partial charge on any atom is 0.438 e. The summed E-state index contributed by atoms with van der Waals surface area (Å²) in [5.41, 5.74) is 1.11. The first-order valence-corrected chi connectivity index (χ1v) is 12.7. The molecule has 1 aliphatic heterocycles. The van der Waals surface area contributed by atoms with Gasteiger partial charge in [-0.25, -0.2) is 9.79 Å². The van der Waals surface area contributed by atoms with Crippen LogP contribution in [0, 0.1) is 0 Å². The zero-order valence-corrected chi connectivity index (χ0v) is 21.8. The number of amidine groups is 1. The van der Waals surface area contributed by atoms with Gasteiger partial charge < -0.3 is 9.47 Å². The van der Waals surface area contributed by atoms with Crippen LogP contribution in [0.1, 0.15) is 16.1 Å². The molecular weight excluding hydrogens is 520 g/mol. The van der Waals surface area contributed by atoms with Crippen molar-refractivity contribution in [3.05, 3.63) is 106 Å². The van der Waals surface area contributed by atoms with Crippen LogP contribution < -0.4 is 24.7 Å². The fraction of sp³-hybridized carbons (Fsp3) is 0.107. The van der Waals surface area contributed by atoms with E-state index in [4.69, 9.17) is 14.0 Å². The van der Waals surface area contributed by atoms with E-state index in [0.717, 1.165) is 17.3 Å². The summed E-state index contributed by atoms with van der Waals surface area (Å²) in [4.78, 5) is 45.0. The van der Waals surface area contributed by atoms with Crippen LogP contribution in [0.15, 0.2) is 98.9 Å². The molecule has 1 N–H and O–H groups in total. The van der Waals surface area contributed by atoms with E-state index in [1.807, 2.05) is 30.3 Å². The van der Waals surface area contributed by atoms with Gasteiger partial charge in [0.25, 0.3) is 5.91 Å². The number of nitrogens with one attached hydrogen (secondary N) is 1. The number of Topliss-reactive ketones (excluding diaryl/α,β-unsaturated/α-hetero) is 1. The number of methoxy groups -OCH3 is 2. The number of thioether (sulfide) groups is 1. The number of benzene rings is 3. The largest absolute Gasteiger partial charge is 0.497 e. The van der Waals surface area contributed by atoms with Gasteiger partial charge in [0.05, 0.1) is 25.7 Å². The number of aliphatic imine (C=N–C) groups is 1. The average molecular weight is 544 g/mol. The van der Waals surface area contributed by atoms with Crippen molar-refractivity contribution >= 4 is 40.4 Å². The summed E-state index contributed by atoms with van der Waals surface area (Å²) in [6, 6.07) is 23.0. The van der Waals surface area contributed by atoms with Gasteiger partial charge in [0.1, 0.15) is 17.2 Å². The maximum absolute atomic E-state index is 13.4. The number of ketones is 1. The van der Waals surface area contributed by atoms with Crippen molar-refractivity contribution in [2.75, 3.05) is 24.9 Å². The van der Waals surface area contributed by atoms with Crippen molar-refractivity contribution in [1.29, 1.82) is 0 Å². The lowest BCUT2D eigenvalue weighted by Crippen LogP contribution is -2.41. The van der Waals surface area contributed by atoms with Gasteiger partial charge in [-0.15, -0.1) is 0 Å². The molecule has 10 nitrogen and oxygen atoms in total. The second kappa shape index (κ2) is 11.2. The van der Waals surface area contributed by atoms with E-state index in [9.17, 15) is 14.4 Å². The molecule has 2 heterocycles. The molecule has 0 saturated carbocycles. The van der Waals surface area contributed by atoms with Gasteiger partial charge in [-0.2, -0.15) is 0 Å². The molecule has 4 aromatic rings. The fourth-order valence-electron chi connectivity index (χ4n) is 3.88. The number of anilines is 1. The predicted molar refractivity (Wildman–Crippen MR) is 147 cm³/mol. The number of aromatic nitrogens is 2. The Morgan fingerprint density at radius 3 is 2.26 bits per heavy atom. The smallest absolute Gasteiger partial charge is 0.438 e. The highest BCUT2D eigenvalue weighted by Crippen LogP contribution is 2.29. The molecule has 1 amide bonds. The Bertz CT molecular complexity index is 1620.